The topological polar surface area (TPSA) is 50.8 Å². The second kappa shape index (κ2) is 9.63. The average Bonchev–Trinajstić information content (AvgIpc) is 2.78. The van der Waals surface area contributed by atoms with Gasteiger partial charge in [-0.3, -0.25) is 4.79 Å². The van der Waals surface area contributed by atoms with Crippen molar-refractivity contribution < 1.29 is 14.3 Å². The molecule has 158 valence electrons. The first-order valence-electron chi connectivity index (χ1n) is 10.1. The molecule has 0 aliphatic carbocycles. The van der Waals surface area contributed by atoms with Crippen LogP contribution in [0.15, 0.2) is 60.7 Å². The molecule has 0 saturated carbocycles. The van der Waals surface area contributed by atoms with Crippen molar-refractivity contribution in [1.82, 2.24) is 10.2 Å². The summed E-state index contributed by atoms with van der Waals surface area (Å²) < 4.78 is 10.5. The monoisotopic (exact) mass is 406 g/mol. The molecule has 3 aromatic rings. The second-order valence-corrected chi connectivity index (χ2v) is 7.69. The number of carbonyl (C=O) groups excluding carboxylic acids is 1. The maximum atomic E-state index is 12.9. The van der Waals surface area contributed by atoms with E-state index >= 15 is 0 Å². The summed E-state index contributed by atoms with van der Waals surface area (Å²) in [6, 6.07) is 20.1. The van der Waals surface area contributed by atoms with Gasteiger partial charge in [0.05, 0.1) is 26.2 Å². The smallest absolute Gasteiger partial charge is 0.227 e. The van der Waals surface area contributed by atoms with Gasteiger partial charge in [-0.05, 0) is 67.2 Å². The molecule has 0 aliphatic heterocycles. The molecule has 1 N–H and O–H groups in total. The maximum Gasteiger partial charge on any atom is 0.227 e. The molecule has 0 spiro atoms. The number of nitrogens with zero attached hydrogens (tertiary/aromatic N) is 1. The van der Waals surface area contributed by atoms with Crippen LogP contribution < -0.4 is 14.8 Å². The number of carbonyl (C=O) groups is 1. The van der Waals surface area contributed by atoms with E-state index in [2.05, 4.69) is 16.3 Å². The Morgan fingerprint density at radius 3 is 2.07 bits per heavy atom. The fraction of sp³-hybridized carbons (Fsp3) is 0.320. The molecule has 0 unspecified atom stereocenters. The van der Waals surface area contributed by atoms with E-state index in [9.17, 15) is 4.79 Å². The van der Waals surface area contributed by atoms with Gasteiger partial charge in [0, 0.05) is 6.54 Å². The van der Waals surface area contributed by atoms with Gasteiger partial charge >= 0.3 is 0 Å². The summed E-state index contributed by atoms with van der Waals surface area (Å²) >= 11 is 0. The van der Waals surface area contributed by atoms with E-state index in [4.69, 9.17) is 9.47 Å². The summed E-state index contributed by atoms with van der Waals surface area (Å²) in [5.74, 6) is 1.43. The fourth-order valence-electron chi connectivity index (χ4n) is 3.56. The minimum absolute atomic E-state index is 0.0169. The van der Waals surface area contributed by atoms with E-state index in [0.717, 1.165) is 33.4 Å². The van der Waals surface area contributed by atoms with Crippen LogP contribution in [0, 0.1) is 0 Å². The van der Waals surface area contributed by atoms with Crippen LogP contribution in [0.5, 0.6) is 11.5 Å². The standard InChI is InChI=1S/C25H30N2O3/c1-17(19-6-7-21-15-23(30-5)13-10-20(21)14-19)25(28)26-16-24(27(2)3)18-8-11-22(29-4)12-9-18/h6-15,17,24H,16H2,1-5H3,(H,26,28)/t17-,24+/m1/s1. The number of hydrogen-bond acceptors (Lipinski definition) is 4. The number of benzene rings is 3. The molecule has 0 aromatic heterocycles. The number of nitrogens with one attached hydrogen (secondary N) is 1. The van der Waals surface area contributed by atoms with Crippen LogP contribution in [0.2, 0.25) is 0 Å². The molecular weight excluding hydrogens is 376 g/mol. The zero-order valence-electron chi connectivity index (χ0n) is 18.3. The first-order chi connectivity index (χ1) is 14.4. The average molecular weight is 407 g/mol. The zero-order valence-corrected chi connectivity index (χ0v) is 18.3. The number of fused-ring (bicyclic) bond motifs is 1. The number of methoxy groups -OCH3 is 2. The summed E-state index contributed by atoms with van der Waals surface area (Å²) in [4.78, 5) is 15.0. The van der Waals surface area contributed by atoms with Crippen LogP contribution >= 0.6 is 0 Å². The third-order valence-corrected chi connectivity index (χ3v) is 5.56. The van der Waals surface area contributed by atoms with Crippen molar-refractivity contribution >= 4 is 16.7 Å². The SMILES string of the molecule is COc1ccc([C@H](CNC(=O)[C@H](C)c2ccc3cc(OC)ccc3c2)N(C)C)cc1. The summed E-state index contributed by atoms with van der Waals surface area (Å²) in [5.41, 5.74) is 2.13. The largest absolute Gasteiger partial charge is 0.497 e. The van der Waals surface area contributed by atoms with Crippen molar-refractivity contribution in [3.05, 3.63) is 71.8 Å². The lowest BCUT2D eigenvalue weighted by atomic mass is 9.96. The summed E-state index contributed by atoms with van der Waals surface area (Å²) in [6.07, 6.45) is 0. The van der Waals surface area contributed by atoms with Gasteiger partial charge in [-0.2, -0.15) is 0 Å². The number of hydrogen-bond donors (Lipinski definition) is 1. The Morgan fingerprint density at radius 1 is 0.867 bits per heavy atom. The van der Waals surface area contributed by atoms with Gasteiger partial charge in [-0.25, -0.2) is 0 Å². The summed E-state index contributed by atoms with van der Waals surface area (Å²) in [5, 5.41) is 5.31. The Hall–Kier alpha value is -3.05. The highest BCUT2D eigenvalue weighted by molar-refractivity contribution is 5.88. The molecule has 3 aromatic carbocycles. The Kier molecular flexibility index (Phi) is 6.95. The lowest BCUT2D eigenvalue weighted by molar-refractivity contribution is -0.122. The van der Waals surface area contributed by atoms with Crippen LogP contribution in [0.1, 0.15) is 30.0 Å². The van der Waals surface area contributed by atoms with E-state index in [1.807, 2.05) is 75.6 Å². The molecule has 0 bridgehead atoms. The predicted octanol–water partition coefficient (Wildman–Crippen LogP) is 4.38. The predicted molar refractivity (Wildman–Crippen MR) is 121 cm³/mol. The highest BCUT2D eigenvalue weighted by atomic mass is 16.5. The zero-order chi connectivity index (χ0) is 21.7. The van der Waals surface area contributed by atoms with Crippen LogP contribution in [-0.4, -0.2) is 45.7 Å². The minimum Gasteiger partial charge on any atom is -0.497 e. The van der Waals surface area contributed by atoms with Crippen molar-refractivity contribution in [3.63, 3.8) is 0 Å². The van der Waals surface area contributed by atoms with Gasteiger partial charge in [0.25, 0.3) is 0 Å². The van der Waals surface area contributed by atoms with Crippen molar-refractivity contribution in [2.75, 3.05) is 34.9 Å². The minimum atomic E-state index is -0.241. The van der Waals surface area contributed by atoms with Crippen molar-refractivity contribution in [1.29, 1.82) is 0 Å². The van der Waals surface area contributed by atoms with E-state index in [-0.39, 0.29) is 17.9 Å². The van der Waals surface area contributed by atoms with Crippen molar-refractivity contribution in [2.24, 2.45) is 0 Å². The second-order valence-electron chi connectivity index (χ2n) is 7.69. The quantitative estimate of drug-likeness (QED) is 0.603. The van der Waals surface area contributed by atoms with Crippen LogP contribution in [-0.2, 0) is 4.79 Å². The summed E-state index contributed by atoms with van der Waals surface area (Å²) in [7, 11) is 7.35. The molecule has 2 atom stereocenters. The number of likely N-dealkylation sites (N-methyl/N-ethyl adjacent to an activating group) is 1. The molecule has 5 nitrogen and oxygen atoms in total. The molecule has 5 heteroatoms. The highest BCUT2D eigenvalue weighted by Gasteiger charge is 2.19. The molecule has 30 heavy (non-hydrogen) atoms. The van der Waals surface area contributed by atoms with Crippen molar-refractivity contribution in [2.45, 2.75) is 18.9 Å². The fourth-order valence-corrected chi connectivity index (χ4v) is 3.56. The van der Waals surface area contributed by atoms with E-state index in [1.54, 1.807) is 14.2 Å². The molecule has 1 amide bonds. The molecule has 0 saturated heterocycles. The van der Waals surface area contributed by atoms with Crippen LogP contribution in [0.25, 0.3) is 10.8 Å². The van der Waals surface area contributed by atoms with Gasteiger partial charge in [-0.15, -0.1) is 0 Å². The molecule has 0 heterocycles. The number of ether oxygens (including phenoxy) is 2. The summed E-state index contributed by atoms with van der Waals surface area (Å²) in [6.45, 7) is 2.48. The Labute approximate surface area is 178 Å². The lowest BCUT2D eigenvalue weighted by Crippen LogP contribution is -2.36. The van der Waals surface area contributed by atoms with Gasteiger partial charge in [0.15, 0.2) is 0 Å². The Morgan fingerprint density at radius 2 is 1.43 bits per heavy atom. The first-order valence-corrected chi connectivity index (χ1v) is 10.1. The molecule has 0 radical (unpaired) electrons. The van der Waals surface area contributed by atoms with Gasteiger partial charge in [0.2, 0.25) is 5.91 Å². The van der Waals surface area contributed by atoms with Crippen LogP contribution in [0.4, 0.5) is 0 Å². The highest BCUT2D eigenvalue weighted by Crippen LogP contribution is 2.26. The maximum absolute atomic E-state index is 12.9. The van der Waals surface area contributed by atoms with Crippen LogP contribution in [0.3, 0.4) is 0 Å². The Bertz CT molecular complexity index is 999. The van der Waals surface area contributed by atoms with E-state index < -0.39 is 0 Å². The molecule has 0 aliphatic rings. The van der Waals surface area contributed by atoms with Gasteiger partial charge in [0.1, 0.15) is 11.5 Å². The normalized spacial score (nSPS) is 13.1. The van der Waals surface area contributed by atoms with E-state index in [1.165, 1.54) is 0 Å². The first kappa shape index (κ1) is 21.7. The number of amides is 1. The molecular formula is C25H30N2O3. The third kappa shape index (κ3) is 4.92. The lowest BCUT2D eigenvalue weighted by Gasteiger charge is -2.26. The van der Waals surface area contributed by atoms with E-state index in [0.29, 0.717) is 6.54 Å². The third-order valence-electron chi connectivity index (χ3n) is 5.56. The van der Waals surface area contributed by atoms with Gasteiger partial charge in [-0.1, -0.05) is 36.4 Å². The van der Waals surface area contributed by atoms with Crippen molar-refractivity contribution in [3.8, 4) is 11.5 Å². The Balaban J connectivity index is 1.69. The van der Waals surface area contributed by atoms with Gasteiger partial charge < -0.3 is 19.7 Å². The molecule has 3 rings (SSSR count). The molecule has 0 fully saturated rings. The number of rotatable bonds is 8.